The molecule has 9 heteroatoms. The van der Waals surface area contributed by atoms with Crippen LogP contribution in [0.25, 0.3) is 0 Å². The average Bonchev–Trinajstić information content (AvgIpc) is 3.20. The van der Waals surface area contributed by atoms with Gasteiger partial charge in [0.1, 0.15) is 5.82 Å². The van der Waals surface area contributed by atoms with Gasteiger partial charge in [-0.1, -0.05) is 0 Å². The number of hydrogen-bond donors (Lipinski definition) is 4. The fourth-order valence-corrected chi connectivity index (χ4v) is 4.94. The molecule has 0 atom stereocenters. The first-order chi connectivity index (χ1) is 15.0. The highest BCUT2D eigenvalue weighted by atomic mass is 32.1. The molecule has 0 spiro atoms. The van der Waals surface area contributed by atoms with E-state index in [9.17, 15) is 9.90 Å². The fourth-order valence-electron chi connectivity index (χ4n) is 3.85. The van der Waals surface area contributed by atoms with Gasteiger partial charge in [0, 0.05) is 43.6 Å². The molecule has 2 aliphatic rings. The van der Waals surface area contributed by atoms with Crippen LogP contribution in [0.15, 0.2) is 24.4 Å². The van der Waals surface area contributed by atoms with E-state index in [2.05, 4.69) is 20.5 Å². The van der Waals surface area contributed by atoms with Gasteiger partial charge >= 0.3 is 0 Å². The van der Waals surface area contributed by atoms with Gasteiger partial charge in [-0.3, -0.25) is 4.79 Å². The first-order valence-electron chi connectivity index (χ1n) is 10.7. The first-order valence-corrected chi connectivity index (χ1v) is 11.6. The van der Waals surface area contributed by atoms with Gasteiger partial charge in [-0.15, -0.1) is 11.3 Å². The molecule has 166 valence electrons. The summed E-state index contributed by atoms with van der Waals surface area (Å²) in [6.07, 6.45) is 4.78. The van der Waals surface area contributed by atoms with Crippen LogP contribution in [-0.2, 0) is 4.74 Å². The lowest BCUT2D eigenvalue weighted by atomic mass is 10.1. The summed E-state index contributed by atoms with van der Waals surface area (Å²) in [6, 6.07) is 5.83. The highest BCUT2D eigenvalue weighted by molar-refractivity contribution is 7.18. The quantitative estimate of drug-likeness (QED) is 0.510. The summed E-state index contributed by atoms with van der Waals surface area (Å²) in [5.41, 5.74) is 1.83. The van der Waals surface area contributed by atoms with Crippen molar-refractivity contribution in [2.24, 2.45) is 0 Å². The van der Waals surface area contributed by atoms with Crippen LogP contribution in [-0.4, -0.2) is 60.2 Å². The highest BCUT2D eigenvalue weighted by Gasteiger charge is 2.21. The van der Waals surface area contributed by atoms with E-state index in [1.807, 2.05) is 12.1 Å². The molecular formula is C22H29N5O3S. The zero-order valence-electron chi connectivity index (χ0n) is 17.7. The lowest BCUT2D eigenvalue weighted by Crippen LogP contribution is -2.36. The molecule has 2 aromatic heterocycles. The maximum Gasteiger partial charge on any atom is 0.265 e. The smallest absolute Gasteiger partial charge is 0.265 e. The predicted molar refractivity (Wildman–Crippen MR) is 124 cm³/mol. The summed E-state index contributed by atoms with van der Waals surface area (Å²) in [6.45, 7) is 4.77. The molecule has 0 radical (unpaired) electrons. The monoisotopic (exact) mass is 443 g/mol. The standard InChI is InChI=1S/C22H29N5O3S/c1-14(23)18-12-19(31-22(18)26-15-6-10-30-11-7-15)21(29)25-16-2-3-20(24-13-16)27-8-4-17(28)5-9-27/h2-3,12-13,15,17,23,26,28H,4-11H2,1H3,(H,25,29). The van der Waals surface area contributed by atoms with Crippen LogP contribution < -0.4 is 15.5 Å². The molecule has 0 aliphatic carbocycles. The molecule has 31 heavy (non-hydrogen) atoms. The fraction of sp³-hybridized carbons (Fsp3) is 0.500. The third-order valence-electron chi connectivity index (χ3n) is 5.71. The third kappa shape index (κ3) is 5.41. The second-order valence-corrected chi connectivity index (χ2v) is 9.14. The zero-order valence-corrected chi connectivity index (χ0v) is 18.5. The number of ether oxygens (including phenoxy) is 1. The summed E-state index contributed by atoms with van der Waals surface area (Å²) in [4.78, 5) is 20.0. The Morgan fingerprint density at radius 2 is 2.00 bits per heavy atom. The molecule has 2 saturated heterocycles. The van der Waals surface area contributed by atoms with Crippen molar-refractivity contribution in [1.82, 2.24) is 4.98 Å². The molecule has 0 aromatic carbocycles. The van der Waals surface area contributed by atoms with Crippen LogP contribution in [0, 0.1) is 5.41 Å². The Balaban J connectivity index is 1.42. The number of carbonyl (C=O) groups excluding carboxylic acids is 1. The summed E-state index contributed by atoms with van der Waals surface area (Å²) in [7, 11) is 0. The van der Waals surface area contributed by atoms with Crippen LogP contribution in [0.1, 0.15) is 47.8 Å². The van der Waals surface area contributed by atoms with E-state index in [4.69, 9.17) is 10.1 Å². The van der Waals surface area contributed by atoms with Crippen LogP contribution in [0.3, 0.4) is 0 Å². The number of aliphatic hydroxyl groups excluding tert-OH is 1. The Bertz CT molecular complexity index is 916. The van der Waals surface area contributed by atoms with Gasteiger partial charge in [-0.2, -0.15) is 0 Å². The molecule has 2 fully saturated rings. The van der Waals surface area contributed by atoms with Gasteiger partial charge < -0.3 is 30.8 Å². The van der Waals surface area contributed by atoms with Crippen molar-refractivity contribution in [2.45, 2.75) is 44.8 Å². The number of carbonyl (C=O) groups is 1. The molecule has 2 aromatic rings. The number of thiophene rings is 1. The number of amides is 1. The maximum atomic E-state index is 12.8. The van der Waals surface area contributed by atoms with Crippen molar-refractivity contribution in [3.8, 4) is 0 Å². The van der Waals surface area contributed by atoms with Crippen molar-refractivity contribution in [2.75, 3.05) is 41.8 Å². The SMILES string of the molecule is CC(=N)c1cc(C(=O)Nc2ccc(N3CCC(O)CC3)nc2)sc1NC1CCOCC1. The Morgan fingerprint density at radius 3 is 2.65 bits per heavy atom. The molecule has 4 heterocycles. The number of aromatic nitrogens is 1. The van der Waals surface area contributed by atoms with E-state index in [0.717, 1.165) is 68.4 Å². The molecule has 4 N–H and O–H groups in total. The molecule has 8 nitrogen and oxygen atoms in total. The average molecular weight is 444 g/mol. The van der Waals surface area contributed by atoms with E-state index in [1.165, 1.54) is 11.3 Å². The molecule has 0 unspecified atom stereocenters. The summed E-state index contributed by atoms with van der Waals surface area (Å²) in [5, 5.41) is 25.0. The van der Waals surface area contributed by atoms with Crippen molar-refractivity contribution >= 4 is 39.5 Å². The second-order valence-electron chi connectivity index (χ2n) is 8.09. The molecule has 0 bridgehead atoms. The van der Waals surface area contributed by atoms with Gasteiger partial charge in [0.2, 0.25) is 0 Å². The Morgan fingerprint density at radius 1 is 1.26 bits per heavy atom. The lowest BCUT2D eigenvalue weighted by molar-refractivity contribution is 0.0905. The Labute approximate surface area is 186 Å². The molecular weight excluding hydrogens is 414 g/mol. The number of rotatable bonds is 6. The zero-order chi connectivity index (χ0) is 21.8. The van der Waals surface area contributed by atoms with Crippen LogP contribution in [0.5, 0.6) is 0 Å². The highest BCUT2D eigenvalue weighted by Crippen LogP contribution is 2.31. The number of nitrogens with zero attached hydrogens (tertiary/aromatic N) is 2. The van der Waals surface area contributed by atoms with Crippen LogP contribution in [0.2, 0.25) is 0 Å². The van der Waals surface area contributed by atoms with Crippen molar-refractivity contribution in [3.63, 3.8) is 0 Å². The van der Waals surface area contributed by atoms with Gasteiger partial charge in [0.15, 0.2) is 0 Å². The van der Waals surface area contributed by atoms with Gasteiger partial charge in [0.25, 0.3) is 5.91 Å². The minimum Gasteiger partial charge on any atom is -0.393 e. The number of hydrogen-bond acceptors (Lipinski definition) is 8. The third-order valence-corrected chi connectivity index (χ3v) is 6.78. The second kappa shape index (κ2) is 9.76. The minimum absolute atomic E-state index is 0.205. The summed E-state index contributed by atoms with van der Waals surface area (Å²) in [5.74, 6) is 0.647. The van der Waals surface area contributed by atoms with Crippen molar-refractivity contribution in [1.29, 1.82) is 5.41 Å². The molecule has 0 saturated carbocycles. The van der Waals surface area contributed by atoms with E-state index < -0.39 is 0 Å². The number of aliphatic hydroxyl groups is 1. The Hall–Kier alpha value is -2.49. The predicted octanol–water partition coefficient (Wildman–Crippen LogP) is 3.34. The number of piperidine rings is 1. The van der Waals surface area contributed by atoms with Crippen LogP contribution >= 0.6 is 11.3 Å². The molecule has 1 amide bonds. The number of pyridine rings is 1. The summed E-state index contributed by atoms with van der Waals surface area (Å²) < 4.78 is 5.41. The van der Waals surface area contributed by atoms with E-state index in [1.54, 1.807) is 19.2 Å². The molecule has 2 aliphatic heterocycles. The summed E-state index contributed by atoms with van der Waals surface area (Å²) >= 11 is 1.38. The number of anilines is 3. The first kappa shape index (κ1) is 21.7. The number of nitrogens with one attached hydrogen (secondary N) is 3. The topological polar surface area (TPSA) is 111 Å². The largest absolute Gasteiger partial charge is 0.393 e. The molecule has 4 rings (SSSR count). The van der Waals surface area contributed by atoms with Gasteiger partial charge in [-0.25, -0.2) is 4.98 Å². The van der Waals surface area contributed by atoms with E-state index >= 15 is 0 Å². The van der Waals surface area contributed by atoms with Gasteiger partial charge in [0.05, 0.1) is 27.9 Å². The van der Waals surface area contributed by atoms with E-state index in [-0.39, 0.29) is 12.0 Å². The minimum atomic E-state index is -0.221. The lowest BCUT2D eigenvalue weighted by Gasteiger charge is -2.30. The van der Waals surface area contributed by atoms with Crippen LogP contribution in [0.4, 0.5) is 16.5 Å². The normalized spacial score (nSPS) is 18.1. The maximum absolute atomic E-state index is 12.8. The Kier molecular flexibility index (Phi) is 6.84. The van der Waals surface area contributed by atoms with Gasteiger partial charge in [-0.05, 0) is 50.8 Å². The van der Waals surface area contributed by atoms with Crippen molar-refractivity contribution in [3.05, 3.63) is 34.8 Å². The van der Waals surface area contributed by atoms with E-state index in [0.29, 0.717) is 22.3 Å². The van der Waals surface area contributed by atoms with Crippen molar-refractivity contribution < 1.29 is 14.6 Å².